The van der Waals surface area contributed by atoms with E-state index in [1.54, 1.807) is 7.11 Å². The zero-order valence-corrected chi connectivity index (χ0v) is 10.8. The monoisotopic (exact) mass is 256 g/mol. The van der Waals surface area contributed by atoms with Crippen LogP contribution >= 0.6 is 0 Å². The Labute approximate surface area is 112 Å². The topological polar surface area (TPSA) is 27.7 Å². The normalized spacial score (nSPS) is 16.5. The van der Waals surface area contributed by atoms with Crippen LogP contribution in [0.4, 0.5) is 0 Å². The Morgan fingerprint density at radius 1 is 0.895 bits per heavy atom. The van der Waals surface area contributed by atoms with Crippen molar-refractivity contribution in [2.45, 2.75) is 5.60 Å². The quantitative estimate of drug-likeness (QED) is 0.841. The van der Waals surface area contributed by atoms with E-state index in [1.807, 2.05) is 54.6 Å². The molecule has 0 atom stereocenters. The third-order valence-corrected chi connectivity index (χ3v) is 3.34. The Morgan fingerprint density at radius 3 is 2.11 bits per heavy atom. The van der Waals surface area contributed by atoms with Crippen LogP contribution in [-0.4, -0.2) is 20.3 Å². The molecule has 0 aliphatic carbocycles. The SMILES string of the molecule is COc1ccc(C2(Oc3ccccc3)COC2)cc1. The lowest BCUT2D eigenvalue weighted by Gasteiger charge is -2.41. The molecule has 1 fully saturated rings. The van der Waals surface area contributed by atoms with Crippen molar-refractivity contribution in [3.63, 3.8) is 0 Å². The van der Waals surface area contributed by atoms with Gasteiger partial charge in [0.15, 0.2) is 5.60 Å². The summed E-state index contributed by atoms with van der Waals surface area (Å²) >= 11 is 0. The fourth-order valence-corrected chi connectivity index (χ4v) is 2.18. The van der Waals surface area contributed by atoms with Crippen LogP contribution in [0.1, 0.15) is 5.56 Å². The van der Waals surface area contributed by atoms with Crippen LogP contribution in [0.5, 0.6) is 11.5 Å². The lowest BCUT2D eigenvalue weighted by Crippen LogP contribution is -2.51. The molecular weight excluding hydrogens is 240 g/mol. The van der Waals surface area contributed by atoms with Gasteiger partial charge in [0, 0.05) is 5.56 Å². The van der Waals surface area contributed by atoms with Gasteiger partial charge in [0.1, 0.15) is 11.5 Å². The van der Waals surface area contributed by atoms with Gasteiger partial charge in [-0.25, -0.2) is 0 Å². The van der Waals surface area contributed by atoms with E-state index in [1.165, 1.54) is 0 Å². The largest absolute Gasteiger partial charge is 0.497 e. The first-order valence-corrected chi connectivity index (χ1v) is 6.29. The molecule has 1 aliphatic rings. The summed E-state index contributed by atoms with van der Waals surface area (Å²) in [5, 5.41) is 0. The Morgan fingerprint density at radius 2 is 1.58 bits per heavy atom. The summed E-state index contributed by atoms with van der Waals surface area (Å²) in [6, 6.07) is 17.8. The van der Waals surface area contributed by atoms with Gasteiger partial charge in [-0.3, -0.25) is 0 Å². The van der Waals surface area contributed by atoms with Crippen molar-refractivity contribution in [2.24, 2.45) is 0 Å². The maximum absolute atomic E-state index is 6.13. The average molecular weight is 256 g/mol. The van der Waals surface area contributed by atoms with E-state index in [2.05, 4.69) is 0 Å². The van der Waals surface area contributed by atoms with E-state index in [0.29, 0.717) is 13.2 Å². The maximum atomic E-state index is 6.13. The van der Waals surface area contributed by atoms with E-state index in [-0.39, 0.29) is 5.60 Å². The van der Waals surface area contributed by atoms with Gasteiger partial charge in [0.2, 0.25) is 0 Å². The molecule has 2 aromatic rings. The highest BCUT2D eigenvalue weighted by Crippen LogP contribution is 2.35. The van der Waals surface area contributed by atoms with Crippen molar-refractivity contribution in [3.05, 3.63) is 60.2 Å². The number of para-hydroxylation sites is 1. The molecule has 0 unspecified atom stereocenters. The van der Waals surface area contributed by atoms with Gasteiger partial charge < -0.3 is 14.2 Å². The number of hydrogen-bond acceptors (Lipinski definition) is 3. The van der Waals surface area contributed by atoms with E-state index < -0.39 is 0 Å². The van der Waals surface area contributed by atoms with Crippen LogP contribution in [0.15, 0.2) is 54.6 Å². The lowest BCUT2D eigenvalue weighted by atomic mass is 9.91. The van der Waals surface area contributed by atoms with Crippen molar-refractivity contribution in [1.29, 1.82) is 0 Å². The molecule has 98 valence electrons. The summed E-state index contributed by atoms with van der Waals surface area (Å²) in [6.07, 6.45) is 0. The first-order valence-electron chi connectivity index (χ1n) is 6.29. The minimum atomic E-state index is -0.367. The second-order valence-electron chi connectivity index (χ2n) is 4.63. The molecule has 0 amide bonds. The number of benzene rings is 2. The zero-order valence-electron chi connectivity index (χ0n) is 10.8. The highest BCUT2D eigenvalue weighted by Gasteiger charge is 2.43. The molecule has 0 aromatic heterocycles. The zero-order chi connectivity index (χ0) is 13.1. The molecular formula is C16H16O3. The first kappa shape index (κ1) is 12.1. The van der Waals surface area contributed by atoms with Gasteiger partial charge in [-0.2, -0.15) is 0 Å². The predicted molar refractivity (Wildman–Crippen MR) is 72.6 cm³/mol. The van der Waals surface area contributed by atoms with Gasteiger partial charge in [0.25, 0.3) is 0 Å². The van der Waals surface area contributed by atoms with E-state index in [0.717, 1.165) is 17.1 Å². The molecule has 1 aliphatic heterocycles. The summed E-state index contributed by atoms with van der Waals surface area (Å²) < 4.78 is 16.7. The summed E-state index contributed by atoms with van der Waals surface area (Å²) in [7, 11) is 1.66. The van der Waals surface area contributed by atoms with E-state index in [4.69, 9.17) is 14.2 Å². The first-order chi connectivity index (χ1) is 9.32. The highest BCUT2D eigenvalue weighted by molar-refractivity contribution is 5.34. The minimum Gasteiger partial charge on any atom is -0.497 e. The molecule has 0 spiro atoms. The van der Waals surface area contributed by atoms with Crippen molar-refractivity contribution >= 4 is 0 Å². The molecule has 19 heavy (non-hydrogen) atoms. The second kappa shape index (κ2) is 4.94. The fraction of sp³-hybridized carbons (Fsp3) is 0.250. The van der Waals surface area contributed by atoms with Gasteiger partial charge in [-0.15, -0.1) is 0 Å². The van der Waals surface area contributed by atoms with Gasteiger partial charge in [0.05, 0.1) is 20.3 Å². The Hall–Kier alpha value is -2.00. The number of ether oxygens (including phenoxy) is 3. The third kappa shape index (κ3) is 2.29. The summed E-state index contributed by atoms with van der Waals surface area (Å²) in [5.74, 6) is 1.71. The van der Waals surface area contributed by atoms with Crippen molar-refractivity contribution < 1.29 is 14.2 Å². The van der Waals surface area contributed by atoms with Crippen LogP contribution in [0.3, 0.4) is 0 Å². The summed E-state index contributed by atoms with van der Waals surface area (Å²) in [4.78, 5) is 0. The smallest absolute Gasteiger partial charge is 0.180 e. The van der Waals surface area contributed by atoms with Gasteiger partial charge in [-0.05, 0) is 24.3 Å². The molecule has 0 radical (unpaired) electrons. The molecule has 0 saturated carbocycles. The third-order valence-electron chi connectivity index (χ3n) is 3.34. The number of hydrogen-bond donors (Lipinski definition) is 0. The van der Waals surface area contributed by atoms with Crippen molar-refractivity contribution in [3.8, 4) is 11.5 Å². The summed E-state index contributed by atoms with van der Waals surface area (Å²) in [6.45, 7) is 1.16. The van der Waals surface area contributed by atoms with Crippen LogP contribution in [0.2, 0.25) is 0 Å². The molecule has 1 saturated heterocycles. The van der Waals surface area contributed by atoms with Crippen LogP contribution < -0.4 is 9.47 Å². The average Bonchev–Trinajstić information content (AvgIpc) is 2.44. The van der Waals surface area contributed by atoms with Gasteiger partial charge >= 0.3 is 0 Å². The molecule has 0 N–H and O–H groups in total. The molecule has 1 heterocycles. The molecule has 0 bridgehead atoms. The highest BCUT2D eigenvalue weighted by atomic mass is 16.6. The minimum absolute atomic E-state index is 0.367. The number of methoxy groups -OCH3 is 1. The fourth-order valence-electron chi connectivity index (χ4n) is 2.18. The van der Waals surface area contributed by atoms with Crippen LogP contribution in [-0.2, 0) is 10.3 Å². The molecule has 3 rings (SSSR count). The van der Waals surface area contributed by atoms with E-state index in [9.17, 15) is 0 Å². The van der Waals surface area contributed by atoms with Crippen LogP contribution in [0, 0.1) is 0 Å². The molecule has 3 heteroatoms. The maximum Gasteiger partial charge on any atom is 0.180 e. The number of rotatable bonds is 4. The van der Waals surface area contributed by atoms with Crippen LogP contribution in [0.25, 0.3) is 0 Å². The Balaban J connectivity index is 1.86. The lowest BCUT2D eigenvalue weighted by molar-refractivity contribution is -0.167. The Kier molecular flexibility index (Phi) is 3.13. The molecule has 2 aromatic carbocycles. The van der Waals surface area contributed by atoms with Crippen molar-refractivity contribution in [1.82, 2.24) is 0 Å². The Bertz CT molecular complexity index is 530. The van der Waals surface area contributed by atoms with Gasteiger partial charge in [-0.1, -0.05) is 30.3 Å². The predicted octanol–water partition coefficient (Wildman–Crippen LogP) is 3.00. The standard InChI is InChI=1S/C16H16O3/c1-17-14-9-7-13(8-10-14)16(11-18-12-16)19-15-5-3-2-4-6-15/h2-10H,11-12H2,1H3. The summed E-state index contributed by atoms with van der Waals surface area (Å²) in [5.41, 5.74) is 0.747. The molecule has 3 nitrogen and oxygen atoms in total. The van der Waals surface area contributed by atoms with Crippen molar-refractivity contribution in [2.75, 3.05) is 20.3 Å². The second-order valence-corrected chi connectivity index (χ2v) is 4.63. The van der Waals surface area contributed by atoms with E-state index >= 15 is 0 Å².